The van der Waals surface area contributed by atoms with E-state index in [2.05, 4.69) is 4.98 Å². The van der Waals surface area contributed by atoms with Crippen molar-refractivity contribution >= 4 is 28.5 Å². The van der Waals surface area contributed by atoms with Crippen LogP contribution in [0.1, 0.15) is 51.5 Å². The van der Waals surface area contributed by atoms with Crippen LogP contribution in [0, 0.1) is 11.8 Å². The first-order valence-electron chi connectivity index (χ1n) is 12.2. The summed E-state index contributed by atoms with van der Waals surface area (Å²) in [5.41, 5.74) is -0.0819. The minimum absolute atomic E-state index is 0.0472. The van der Waals surface area contributed by atoms with E-state index in [-0.39, 0.29) is 29.5 Å². The Hall–Kier alpha value is -3.94. The number of esters is 2. The Labute approximate surface area is 216 Å². The number of hydrogen-bond acceptors (Lipinski definition) is 8. The molecule has 0 amide bonds. The van der Waals surface area contributed by atoms with Crippen molar-refractivity contribution in [3.8, 4) is 17.2 Å². The molecule has 0 aliphatic carbocycles. The van der Waals surface area contributed by atoms with Crippen LogP contribution < -0.4 is 14.2 Å². The molecule has 0 N–H and O–H groups in total. The van der Waals surface area contributed by atoms with Gasteiger partial charge in [0.15, 0.2) is 17.2 Å². The van der Waals surface area contributed by atoms with Crippen molar-refractivity contribution in [3.63, 3.8) is 0 Å². The molecule has 3 atom stereocenters. The molecule has 0 radical (unpaired) electrons. The number of carbonyl (C=O) groups excluding carboxylic acids is 3. The Balaban J connectivity index is 1.71. The number of nitrogens with zero attached hydrogens (tertiary/aromatic N) is 1. The number of ether oxygens (including phenoxy) is 4. The lowest BCUT2D eigenvalue weighted by molar-refractivity contribution is -0.158. The third kappa shape index (κ3) is 6.84. The van der Waals surface area contributed by atoms with Crippen LogP contribution in [0.4, 0.5) is 0 Å². The third-order valence-electron chi connectivity index (χ3n) is 5.93. The lowest BCUT2D eigenvalue weighted by atomic mass is 10.0. The third-order valence-corrected chi connectivity index (χ3v) is 5.93. The van der Waals surface area contributed by atoms with Gasteiger partial charge in [-0.3, -0.25) is 14.4 Å². The first-order valence-corrected chi connectivity index (χ1v) is 12.2. The first-order chi connectivity index (χ1) is 17.6. The van der Waals surface area contributed by atoms with E-state index >= 15 is 0 Å². The Bertz CT molecular complexity index is 1260. The van der Waals surface area contributed by atoms with E-state index < -0.39 is 35.8 Å². The van der Waals surface area contributed by atoms with Crippen LogP contribution in [0.25, 0.3) is 10.8 Å². The summed E-state index contributed by atoms with van der Waals surface area (Å²) in [6, 6.07) is 15.2. The molecule has 196 valence electrons. The average molecular weight is 508 g/mol. The molecule has 8 heteroatoms. The van der Waals surface area contributed by atoms with E-state index in [1.165, 1.54) is 26.3 Å². The summed E-state index contributed by atoms with van der Waals surface area (Å²) in [6.07, 6.45) is 0.210. The SMILES string of the molecule is COc1ccnc(C(=O)C[C@@H](C)C(=O)O[C@@H](C)[C@@H](Oc2cccc3ccccc23)C(C)C)c1OC(C)=O. The topological polar surface area (TPSA) is 101 Å². The molecular weight excluding hydrogens is 474 g/mol. The minimum atomic E-state index is -0.765. The number of pyridine rings is 1. The predicted molar refractivity (Wildman–Crippen MR) is 139 cm³/mol. The van der Waals surface area contributed by atoms with Crippen molar-refractivity contribution in [1.29, 1.82) is 0 Å². The monoisotopic (exact) mass is 507 g/mol. The van der Waals surface area contributed by atoms with Gasteiger partial charge < -0.3 is 18.9 Å². The van der Waals surface area contributed by atoms with Crippen LogP contribution in [-0.4, -0.2) is 42.0 Å². The summed E-state index contributed by atoms with van der Waals surface area (Å²) in [7, 11) is 1.39. The molecule has 3 aromatic rings. The summed E-state index contributed by atoms with van der Waals surface area (Å²) >= 11 is 0. The fourth-order valence-corrected chi connectivity index (χ4v) is 4.08. The summed E-state index contributed by atoms with van der Waals surface area (Å²) in [6.45, 7) is 8.60. The van der Waals surface area contributed by atoms with Crippen LogP contribution in [0.2, 0.25) is 0 Å². The van der Waals surface area contributed by atoms with Crippen LogP contribution in [-0.2, 0) is 14.3 Å². The molecule has 0 unspecified atom stereocenters. The van der Waals surface area contributed by atoms with Crippen molar-refractivity contribution in [2.75, 3.05) is 7.11 Å². The lowest BCUT2D eigenvalue weighted by Gasteiger charge is -2.29. The molecule has 0 saturated heterocycles. The van der Waals surface area contributed by atoms with Gasteiger partial charge in [-0.2, -0.15) is 0 Å². The number of fused-ring (bicyclic) bond motifs is 1. The molecule has 0 fully saturated rings. The van der Waals surface area contributed by atoms with Crippen LogP contribution >= 0.6 is 0 Å². The summed E-state index contributed by atoms with van der Waals surface area (Å²) < 4.78 is 22.4. The molecule has 0 bridgehead atoms. The van der Waals surface area contributed by atoms with E-state index in [0.717, 1.165) is 10.8 Å². The molecule has 0 aliphatic heterocycles. The van der Waals surface area contributed by atoms with E-state index in [4.69, 9.17) is 18.9 Å². The summed E-state index contributed by atoms with van der Waals surface area (Å²) in [5.74, 6) is -1.51. The number of ketones is 1. The normalized spacial score (nSPS) is 13.5. The number of benzene rings is 2. The van der Waals surface area contributed by atoms with Gasteiger partial charge in [-0.25, -0.2) is 4.98 Å². The zero-order valence-electron chi connectivity index (χ0n) is 22.0. The fourth-order valence-electron chi connectivity index (χ4n) is 4.08. The Morgan fingerprint density at radius 1 is 0.919 bits per heavy atom. The van der Waals surface area contributed by atoms with Gasteiger partial charge >= 0.3 is 11.9 Å². The van der Waals surface area contributed by atoms with Crippen molar-refractivity contribution < 1.29 is 33.3 Å². The highest BCUT2D eigenvalue weighted by molar-refractivity contribution is 6.00. The van der Waals surface area contributed by atoms with Gasteiger partial charge in [0.1, 0.15) is 18.0 Å². The maximum atomic E-state index is 13.0. The number of methoxy groups -OCH3 is 1. The van der Waals surface area contributed by atoms with E-state index in [1.54, 1.807) is 13.8 Å². The molecule has 0 aliphatic rings. The van der Waals surface area contributed by atoms with Gasteiger partial charge in [0, 0.05) is 31.0 Å². The van der Waals surface area contributed by atoms with E-state index in [0.29, 0.717) is 5.75 Å². The number of carbonyl (C=O) groups is 3. The van der Waals surface area contributed by atoms with Crippen molar-refractivity contribution in [2.45, 2.75) is 53.2 Å². The molecule has 37 heavy (non-hydrogen) atoms. The predicted octanol–water partition coefficient (Wildman–Crippen LogP) is 5.41. The smallest absolute Gasteiger partial charge is 0.309 e. The van der Waals surface area contributed by atoms with Gasteiger partial charge in [-0.1, -0.05) is 57.2 Å². The van der Waals surface area contributed by atoms with Crippen molar-refractivity contribution in [2.24, 2.45) is 11.8 Å². The maximum absolute atomic E-state index is 13.0. The molecule has 1 aromatic heterocycles. The Morgan fingerprint density at radius 2 is 1.62 bits per heavy atom. The van der Waals surface area contributed by atoms with E-state index in [1.807, 2.05) is 56.3 Å². The largest absolute Gasteiger partial charge is 0.493 e. The second kappa shape index (κ2) is 12.3. The molecule has 1 heterocycles. The molecule has 0 spiro atoms. The highest BCUT2D eigenvalue weighted by atomic mass is 16.6. The fraction of sp³-hybridized carbons (Fsp3) is 0.379. The Morgan fingerprint density at radius 3 is 2.30 bits per heavy atom. The molecular formula is C29H33NO7. The van der Waals surface area contributed by atoms with Crippen molar-refractivity contribution in [3.05, 3.63) is 60.4 Å². The molecule has 3 rings (SSSR count). The number of hydrogen-bond donors (Lipinski definition) is 0. The first kappa shape index (κ1) is 27.6. The maximum Gasteiger partial charge on any atom is 0.309 e. The van der Waals surface area contributed by atoms with Crippen LogP contribution in [0.5, 0.6) is 17.2 Å². The quantitative estimate of drug-likeness (QED) is 0.251. The summed E-state index contributed by atoms with van der Waals surface area (Å²) in [5, 5.41) is 2.03. The van der Waals surface area contributed by atoms with Gasteiger partial charge in [-0.15, -0.1) is 0 Å². The number of rotatable bonds is 11. The number of Topliss-reactive ketones (excluding diaryl/α,β-unsaturated/α-hetero) is 1. The second-order valence-corrected chi connectivity index (χ2v) is 9.26. The average Bonchev–Trinajstić information content (AvgIpc) is 2.86. The minimum Gasteiger partial charge on any atom is -0.493 e. The van der Waals surface area contributed by atoms with Gasteiger partial charge in [0.05, 0.1) is 13.0 Å². The number of aromatic nitrogens is 1. The van der Waals surface area contributed by atoms with E-state index in [9.17, 15) is 14.4 Å². The Kier molecular flexibility index (Phi) is 9.22. The molecule has 8 nitrogen and oxygen atoms in total. The second-order valence-electron chi connectivity index (χ2n) is 9.26. The van der Waals surface area contributed by atoms with Crippen LogP contribution in [0.15, 0.2) is 54.7 Å². The van der Waals surface area contributed by atoms with Crippen LogP contribution in [0.3, 0.4) is 0 Å². The zero-order valence-corrected chi connectivity index (χ0v) is 22.0. The lowest BCUT2D eigenvalue weighted by Crippen LogP contribution is -2.39. The standard InChI is InChI=1S/C29H33NO7/c1-17(2)27(37-24-13-9-11-21-10-7-8-12-22(21)24)19(4)35-29(33)18(3)16-23(32)26-28(36-20(5)31)25(34-6)14-15-30-26/h7-15,17-19,27H,16H2,1-6H3/t18-,19+,27+/m1/s1. The van der Waals surface area contributed by atoms with Gasteiger partial charge in [-0.05, 0) is 24.3 Å². The highest BCUT2D eigenvalue weighted by Gasteiger charge is 2.30. The van der Waals surface area contributed by atoms with Crippen molar-refractivity contribution in [1.82, 2.24) is 4.98 Å². The van der Waals surface area contributed by atoms with Gasteiger partial charge in [0.2, 0.25) is 5.75 Å². The molecule has 2 aromatic carbocycles. The van der Waals surface area contributed by atoms with Gasteiger partial charge in [0.25, 0.3) is 0 Å². The molecule has 0 saturated carbocycles. The summed E-state index contributed by atoms with van der Waals surface area (Å²) in [4.78, 5) is 41.5. The highest BCUT2D eigenvalue weighted by Crippen LogP contribution is 2.32. The zero-order chi connectivity index (χ0) is 27.1.